The van der Waals surface area contributed by atoms with Crippen LogP contribution in [0, 0.1) is 46.3 Å². The number of hydrogen-bond acceptors (Lipinski definition) is 2. The lowest BCUT2D eigenvalue weighted by atomic mass is 9.43. The fourth-order valence-electron chi connectivity index (χ4n) is 9.31. The molecule has 1 unspecified atom stereocenters. The normalized spacial score (nSPS) is 50.6. The quantitative estimate of drug-likeness (QED) is 0.487. The monoisotopic (exact) mass is 416 g/mol. The van der Waals surface area contributed by atoms with Gasteiger partial charge in [0.25, 0.3) is 0 Å². The van der Waals surface area contributed by atoms with Crippen molar-refractivity contribution in [2.24, 2.45) is 46.3 Å². The Hall–Kier alpha value is -0.340. The van der Waals surface area contributed by atoms with Gasteiger partial charge in [0.1, 0.15) is 0 Å². The summed E-state index contributed by atoms with van der Waals surface area (Å²) < 4.78 is 0. The summed E-state index contributed by atoms with van der Waals surface area (Å²) in [6.07, 6.45) is 17.2. The zero-order valence-corrected chi connectivity index (χ0v) is 20.4. The molecule has 0 spiro atoms. The van der Waals surface area contributed by atoms with Gasteiger partial charge in [0.05, 0.1) is 11.7 Å². The van der Waals surface area contributed by atoms with Crippen molar-refractivity contribution in [3.05, 3.63) is 12.2 Å². The minimum absolute atomic E-state index is 0.196. The molecule has 0 aromatic heterocycles. The Morgan fingerprint density at radius 2 is 1.70 bits per heavy atom. The van der Waals surface area contributed by atoms with Gasteiger partial charge in [-0.05, 0) is 124 Å². The lowest BCUT2D eigenvalue weighted by Gasteiger charge is -2.62. The Bertz CT molecular complexity index is 643. The second-order valence-corrected chi connectivity index (χ2v) is 12.4. The highest BCUT2D eigenvalue weighted by molar-refractivity contribution is 5.11. The van der Waals surface area contributed by atoms with Crippen LogP contribution in [0.1, 0.15) is 105 Å². The summed E-state index contributed by atoms with van der Waals surface area (Å²) in [7, 11) is 0. The third-order valence-corrected chi connectivity index (χ3v) is 11.4. The largest absolute Gasteiger partial charge is 0.393 e. The third kappa shape index (κ3) is 3.53. The second-order valence-electron chi connectivity index (χ2n) is 12.4. The van der Waals surface area contributed by atoms with Gasteiger partial charge in [-0.1, -0.05) is 39.8 Å². The number of hydrogen-bond donors (Lipinski definition) is 2. The van der Waals surface area contributed by atoms with Gasteiger partial charge in [-0.2, -0.15) is 0 Å². The lowest BCUT2D eigenvalue weighted by molar-refractivity contribution is -0.154. The molecule has 2 N–H and O–H groups in total. The van der Waals surface area contributed by atoms with Gasteiger partial charge in [-0.15, -0.1) is 0 Å². The molecule has 0 aromatic rings. The van der Waals surface area contributed by atoms with Gasteiger partial charge in [-0.25, -0.2) is 0 Å². The summed E-state index contributed by atoms with van der Waals surface area (Å²) >= 11 is 0. The predicted octanol–water partition coefficient (Wildman–Crippen LogP) is 6.75. The highest BCUT2D eigenvalue weighted by atomic mass is 16.3. The van der Waals surface area contributed by atoms with Crippen molar-refractivity contribution in [2.75, 3.05) is 0 Å². The molecule has 0 amide bonds. The minimum Gasteiger partial charge on any atom is -0.393 e. The molecule has 4 aliphatic carbocycles. The summed E-state index contributed by atoms with van der Waals surface area (Å²) in [5.41, 5.74) is 0.470. The van der Waals surface area contributed by atoms with Crippen molar-refractivity contribution in [1.82, 2.24) is 0 Å². The molecule has 0 radical (unpaired) electrons. The topological polar surface area (TPSA) is 40.5 Å². The Balaban J connectivity index is 1.51. The van der Waals surface area contributed by atoms with Gasteiger partial charge in [0.2, 0.25) is 0 Å². The molecule has 172 valence electrons. The average Bonchev–Trinajstić information content (AvgIpc) is 3.09. The van der Waals surface area contributed by atoms with E-state index in [9.17, 15) is 10.2 Å². The highest BCUT2D eigenvalue weighted by Crippen LogP contribution is 2.69. The smallest absolute Gasteiger partial charge is 0.0648 e. The lowest BCUT2D eigenvalue weighted by Crippen LogP contribution is -2.56. The van der Waals surface area contributed by atoms with E-state index in [-0.39, 0.29) is 6.10 Å². The van der Waals surface area contributed by atoms with Crippen molar-refractivity contribution in [2.45, 2.75) is 117 Å². The van der Waals surface area contributed by atoms with Gasteiger partial charge in [-0.3, -0.25) is 0 Å². The maximum atomic E-state index is 11.0. The number of rotatable bonds is 5. The fraction of sp³-hybridized carbons (Fsp3) is 0.929. The molecule has 10 atom stereocenters. The molecular weight excluding hydrogens is 368 g/mol. The van der Waals surface area contributed by atoms with E-state index in [1.54, 1.807) is 0 Å². The summed E-state index contributed by atoms with van der Waals surface area (Å²) in [6, 6.07) is 0. The van der Waals surface area contributed by atoms with E-state index >= 15 is 0 Å². The van der Waals surface area contributed by atoms with Crippen molar-refractivity contribution in [1.29, 1.82) is 0 Å². The Morgan fingerprint density at radius 3 is 2.40 bits per heavy atom. The summed E-state index contributed by atoms with van der Waals surface area (Å²) in [5, 5.41) is 21.8. The fourth-order valence-corrected chi connectivity index (χ4v) is 9.31. The number of aliphatic hydroxyl groups is 2. The first-order valence-electron chi connectivity index (χ1n) is 13.2. The highest BCUT2D eigenvalue weighted by Gasteiger charge is 2.61. The van der Waals surface area contributed by atoms with Gasteiger partial charge in [0.15, 0.2) is 0 Å². The van der Waals surface area contributed by atoms with Crippen LogP contribution >= 0.6 is 0 Å². The average molecular weight is 417 g/mol. The van der Waals surface area contributed by atoms with E-state index in [1.165, 1.54) is 44.9 Å². The summed E-state index contributed by atoms with van der Waals surface area (Å²) in [5.74, 6) is 4.38. The van der Waals surface area contributed by atoms with Gasteiger partial charge >= 0.3 is 0 Å². The van der Waals surface area contributed by atoms with Gasteiger partial charge in [0, 0.05) is 0 Å². The Labute approximate surface area is 185 Å². The Kier molecular flexibility index (Phi) is 6.26. The molecule has 4 saturated carbocycles. The van der Waals surface area contributed by atoms with E-state index < -0.39 is 5.60 Å². The SMILES string of the molecule is C/C=C/C[C@H](O)[C@@H](C)[C@H]1CC[C@H]2[C@@H]3CC[C@H]4C[C@](O)(CC)CC[C@]4(C)C3CC[C@]12C. The number of fused-ring (bicyclic) bond motifs is 5. The molecule has 2 nitrogen and oxygen atoms in total. The first-order valence-corrected chi connectivity index (χ1v) is 13.2. The third-order valence-electron chi connectivity index (χ3n) is 11.4. The summed E-state index contributed by atoms with van der Waals surface area (Å²) in [4.78, 5) is 0. The molecule has 0 heterocycles. The van der Waals surface area contributed by atoms with Crippen LogP contribution in [0.2, 0.25) is 0 Å². The van der Waals surface area contributed by atoms with Crippen molar-refractivity contribution in [3.63, 3.8) is 0 Å². The van der Waals surface area contributed by atoms with Crippen LogP contribution in [0.25, 0.3) is 0 Å². The van der Waals surface area contributed by atoms with Crippen LogP contribution in [0.15, 0.2) is 12.2 Å². The molecule has 4 rings (SSSR count). The molecule has 0 aliphatic heterocycles. The molecule has 0 saturated heterocycles. The standard InChI is InChI=1S/C28H48O2/c1-6-8-9-25(29)19(3)22-12-13-23-21-11-10-20-18-28(30,7-2)17-16-26(20,4)24(21)14-15-27(22,23)5/h6,8,19-25,29-30H,7,9-18H2,1-5H3/b8-6+/t19-,20-,21-,22+,23-,24?,25-,26-,27+,28-/m0/s1. The van der Waals surface area contributed by atoms with Crippen LogP contribution in [0.5, 0.6) is 0 Å². The van der Waals surface area contributed by atoms with Gasteiger partial charge < -0.3 is 10.2 Å². The van der Waals surface area contributed by atoms with E-state index in [1.807, 2.05) is 0 Å². The minimum atomic E-state index is -0.392. The summed E-state index contributed by atoms with van der Waals surface area (Å²) in [6.45, 7) is 11.7. The molecule has 0 aromatic carbocycles. The van der Waals surface area contributed by atoms with Crippen LogP contribution in [0.4, 0.5) is 0 Å². The zero-order valence-electron chi connectivity index (χ0n) is 20.4. The van der Waals surface area contributed by atoms with Crippen LogP contribution < -0.4 is 0 Å². The maximum absolute atomic E-state index is 11.0. The molecular formula is C28H48O2. The first kappa shape index (κ1) is 22.8. The number of allylic oxidation sites excluding steroid dienone is 1. The van der Waals surface area contributed by atoms with E-state index in [2.05, 4.69) is 46.8 Å². The predicted molar refractivity (Wildman–Crippen MR) is 125 cm³/mol. The number of aliphatic hydroxyl groups excluding tert-OH is 1. The van der Waals surface area contributed by atoms with Crippen LogP contribution in [-0.4, -0.2) is 21.9 Å². The van der Waals surface area contributed by atoms with Crippen LogP contribution in [-0.2, 0) is 0 Å². The van der Waals surface area contributed by atoms with Crippen molar-refractivity contribution >= 4 is 0 Å². The van der Waals surface area contributed by atoms with Crippen LogP contribution in [0.3, 0.4) is 0 Å². The second kappa shape index (κ2) is 8.22. The Morgan fingerprint density at radius 1 is 0.967 bits per heavy atom. The van der Waals surface area contributed by atoms with E-state index in [0.29, 0.717) is 22.7 Å². The molecule has 4 aliphatic rings. The van der Waals surface area contributed by atoms with E-state index in [0.717, 1.165) is 49.4 Å². The molecule has 0 bridgehead atoms. The first-order chi connectivity index (χ1) is 14.2. The molecule has 30 heavy (non-hydrogen) atoms. The maximum Gasteiger partial charge on any atom is 0.0648 e. The molecule has 2 heteroatoms. The molecule has 4 fully saturated rings. The van der Waals surface area contributed by atoms with Crippen molar-refractivity contribution < 1.29 is 10.2 Å². The van der Waals surface area contributed by atoms with Crippen molar-refractivity contribution in [3.8, 4) is 0 Å². The zero-order chi connectivity index (χ0) is 21.7. The van der Waals surface area contributed by atoms with E-state index in [4.69, 9.17) is 0 Å².